The summed E-state index contributed by atoms with van der Waals surface area (Å²) in [5.74, 6) is 0.301. The Kier molecular flexibility index (Phi) is 6.90. The fourth-order valence-electron chi connectivity index (χ4n) is 3.68. The number of halogens is 3. The maximum Gasteiger partial charge on any atom is 0.416 e. The Morgan fingerprint density at radius 3 is 2.63 bits per heavy atom. The van der Waals surface area contributed by atoms with Crippen LogP contribution in [-0.2, 0) is 11.0 Å². The third-order valence-corrected chi connectivity index (χ3v) is 5.32. The van der Waals surface area contributed by atoms with Crippen LogP contribution in [0, 0.1) is 5.92 Å². The van der Waals surface area contributed by atoms with E-state index in [4.69, 9.17) is 4.74 Å². The van der Waals surface area contributed by atoms with E-state index in [1.54, 1.807) is 0 Å². The Morgan fingerprint density at radius 1 is 1.23 bits per heavy atom. The number of rotatable bonds is 6. The molecule has 0 aromatic heterocycles. The third kappa shape index (κ3) is 5.90. The second kappa shape index (κ2) is 9.41. The highest BCUT2D eigenvalue weighted by atomic mass is 19.4. The Bertz CT molecular complexity index is 852. The molecule has 0 bridgehead atoms. The zero-order chi connectivity index (χ0) is 21.7. The lowest BCUT2D eigenvalue weighted by atomic mass is 9.99. The monoisotopic (exact) mass is 420 g/mol. The number of benzene rings is 2. The molecule has 0 saturated carbocycles. The molecule has 1 saturated heterocycles. The fraction of sp³-hybridized carbons (Fsp3) is 0.435. The van der Waals surface area contributed by atoms with E-state index in [-0.39, 0.29) is 18.4 Å². The van der Waals surface area contributed by atoms with Gasteiger partial charge in [0.15, 0.2) is 6.61 Å². The van der Waals surface area contributed by atoms with Crippen molar-refractivity contribution in [1.29, 1.82) is 0 Å². The highest BCUT2D eigenvalue weighted by Gasteiger charge is 2.30. The van der Waals surface area contributed by atoms with Crippen LogP contribution < -0.4 is 15.0 Å². The summed E-state index contributed by atoms with van der Waals surface area (Å²) in [4.78, 5) is 14.5. The van der Waals surface area contributed by atoms with Crippen LogP contribution in [0.2, 0.25) is 0 Å². The van der Waals surface area contributed by atoms with E-state index in [0.717, 1.165) is 30.8 Å². The van der Waals surface area contributed by atoms with Gasteiger partial charge in [0.25, 0.3) is 5.91 Å². The molecule has 2 atom stereocenters. The number of piperidine rings is 1. The lowest BCUT2D eigenvalue weighted by Crippen LogP contribution is -2.34. The largest absolute Gasteiger partial charge is 0.484 e. The summed E-state index contributed by atoms with van der Waals surface area (Å²) in [5, 5.41) is 2.82. The van der Waals surface area contributed by atoms with Crippen LogP contribution in [0.3, 0.4) is 0 Å². The van der Waals surface area contributed by atoms with Crippen LogP contribution in [0.1, 0.15) is 43.9 Å². The van der Waals surface area contributed by atoms with Gasteiger partial charge in [-0.05, 0) is 61.6 Å². The molecule has 30 heavy (non-hydrogen) atoms. The van der Waals surface area contributed by atoms with Gasteiger partial charge in [0.1, 0.15) is 5.75 Å². The number of carbonyl (C=O) groups is 1. The van der Waals surface area contributed by atoms with Crippen LogP contribution in [0.5, 0.6) is 5.75 Å². The molecule has 1 aliphatic heterocycles. The van der Waals surface area contributed by atoms with E-state index in [1.165, 1.54) is 30.7 Å². The second-order valence-electron chi connectivity index (χ2n) is 7.89. The van der Waals surface area contributed by atoms with Gasteiger partial charge in [-0.2, -0.15) is 13.2 Å². The molecule has 1 amide bonds. The smallest absolute Gasteiger partial charge is 0.416 e. The SMILES string of the molecule is C[C@H]1CCCN(c2ccc([C@@H](C)NC(=O)COc3cccc(C(F)(F)F)c3)cc2)C1. The minimum absolute atomic E-state index is 0.00717. The summed E-state index contributed by atoms with van der Waals surface area (Å²) in [6.07, 6.45) is -1.99. The minimum Gasteiger partial charge on any atom is -0.484 e. The Labute approximate surface area is 175 Å². The first kappa shape index (κ1) is 22.0. The molecule has 162 valence electrons. The average molecular weight is 420 g/mol. The standard InChI is InChI=1S/C23H27F3N2O2/c1-16-5-4-12-28(14-16)20-10-8-18(9-11-20)17(2)27-22(29)15-30-21-7-3-6-19(13-21)23(24,25)26/h3,6-11,13,16-17H,4-5,12,14-15H2,1-2H3,(H,27,29)/t16-,17+/m0/s1. The van der Waals surface area contributed by atoms with E-state index < -0.39 is 17.6 Å². The number of carbonyl (C=O) groups excluding carboxylic acids is 1. The molecule has 0 unspecified atom stereocenters. The molecule has 2 aromatic carbocycles. The lowest BCUT2D eigenvalue weighted by molar-refractivity contribution is -0.137. The number of hydrogen-bond acceptors (Lipinski definition) is 3. The van der Waals surface area contributed by atoms with Gasteiger partial charge in [-0.1, -0.05) is 25.1 Å². The van der Waals surface area contributed by atoms with E-state index in [2.05, 4.69) is 29.3 Å². The van der Waals surface area contributed by atoms with E-state index in [1.807, 2.05) is 19.1 Å². The van der Waals surface area contributed by atoms with Gasteiger partial charge in [0.05, 0.1) is 11.6 Å². The van der Waals surface area contributed by atoms with Crippen LogP contribution in [0.15, 0.2) is 48.5 Å². The summed E-state index contributed by atoms with van der Waals surface area (Å²) in [6, 6.07) is 12.4. The maximum atomic E-state index is 12.8. The first-order valence-electron chi connectivity index (χ1n) is 10.2. The molecule has 1 fully saturated rings. The molecular formula is C23H27F3N2O2. The number of ether oxygens (including phenoxy) is 1. The van der Waals surface area contributed by atoms with Gasteiger partial charge in [0, 0.05) is 18.8 Å². The zero-order valence-corrected chi connectivity index (χ0v) is 17.2. The first-order valence-corrected chi connectivity index (χ1v) is 10.2. The fourth-order valence-corrected chi connectivity index (χ4v) is 3.68. The van der Waals surface area contributed by atoms with Crippen molar-refractivity contribution in [2.75, 3.05) is 24.6 Å². The van der Waals surface area contributed by atoms with Gasteiger partial charge in [-0.25, -0.2) is 0 Å². The van der Waals surface area contributed by atoms with Gasteiger partial charge >= 0.3 is 6.18 Å². The van der Waals surface area contributed by atoms with Crippen molar-refractivity contribution in [2.45, 2.75) is 38.9 Å². The van der Waals surface area contributed by atoms with Gasteiger partial charge in [-0.3, -0.25) is 4.79 Å². The molecular weight excluding hydrogens is 393 g/mol. The van der Waals surface area contributed by atoms with Gasteiger partial charge < -0.3 is 15.0 Å². The van der Waals surface area contributed by atoms with Crippen molar-refractivity contribution in [3.8, 4) is 5.75 Å². The molecule has 3 rings (SSSR count). The highest BCUT2D eigenvalue weighted by Crippen LogP contribution is 2.31. The molecule has 2 aromatic rings. The summed E-state index contributed by atoms with van der Waals surface area (Å²) in [7, 11) is 0. The Hall–Kier alpha value is -2.70. The summed E-state index contributed by atoms with van der Waals surface area (Å²) < 4.78 is 43.5. The lowest BCUT2D eigenvalue weighted by Gasteiger charge is -2.33. The van der Waals surface area contributed by atoms with E-state index in [9.17, 15) is 18.0 Å². The number of nitrogens with zero attached hydrogens (tertiary/aromatic N) is 1. The number of anilines is 1. The van der Waals surface area contributed by atoms with Gasteiger partial charge in [0.2, 0.25) is 0 Å². The molecule has 0 radical (unpaired) electrons. The topological polar surface area (TPSA) is 41.6 Å². The van der Waals surface area contributed by atoms with Crippen LogP contribution in [0.25, 0.3) is 0 Å². The predicted molar refractivity (Wildman–Crippen MR) is 111 cm³/mol. The summed E-state index contributed by atoms with van der Waals surface area (Å²) >= 11 is 0. The van der Waals surface area contributed by atoms with Crippen molar-refractivity contribution in [2.24, 2.45) is 5.92 Å². The van der Waals surface area contributed by atoms with E-state index >= 15 is 0 Å². The zero-order valence-electron chi connectivity index (χ0n) is 17.2. The number of hydrogen-bond donors (Lipinski definition) is 1. The van der Waals surface area contributed by atoms with Crippen LogP contribution in [0.4, 0.5) is 18.9 Å². The summed E-state index contributed by atoms with van der Waals surface area (Å²) in [6.45, 7) is 5.89. The molecule has 1 N–H and O–H groups in total. The summed E-state index contributed by atoms with van der Waals surface area (Å²) in [5.41, 5.74) is 1.32. The molecule has 0 aliphatic carbocycles. The van der Waals surface area contributed by atoms with Crippen molar-refractivity contribution < 1.29 is 22.7 Å². The van der Waals surface area contributed by atoms with Crippen molar-refractivity contribution >= 4 is 11.6 Å². The molecule has 1 heterocycles. The predicted octanol–water partition coefficient (Wildman–Crippen LogP) is 5.20. The number of alkyl halides is 3. The van der Waals surface area contributed by atoms with Gasteiger partial charge in [-0.15, -0.1) is 0 Å². The number of nitrogens with one attached hydrogen (secondary N) is 1. The molecule has 0 spiro atoms. The molecule has 1 aliphatic rings. The van der Waals surface area contributed by atoms with Crippen molar-refractivity contribution in [1.82, 2.24) is 5.32 Å². The maximum absolute atomic E-state index is 12.8. The third-order valence-electron chi connectivity index (χ3n) is 5.32. The minimum atomic E-state index is -4.45. The number of amides is 1. The van der Waals surface area contributed by atoms with E-state index in [0.29, 0.717) is 5.92 Å². The van der Waals surface area contributed by atoms with Crippen molar-refractivity contribution in [3.63, 3.8) is 0 Å². The van der Waals surface area contributed by atoms with Crippen molar-refractivity contribution in [3.05, 3.63) is 59.7 Å². The molecule has 4 nitrogen and oxygen atoms in total. The Morgan fingerprint density at radius 2 is 1.97 bits per heavy atom. The van der Waals surface area contributed by atoms with Crippen LogP contribution in [-0.4, -0.2) is 25.6 Å². The normalized spacial score (nSPS) is 18.0. The Balaban J connectivity index is 1.52. The molecule has 7 heteroatoms. The highest BCUT2D eigenvalue weighted by molar-refractivity contribution is 5.78. The quantitative estimate of drug-likeness (QED) is 0.699. The first-order chi connectivity index (χ1) is 14.2. The van der Waals surface area contributed by atoms with Crippen LogP contribution >= 0.6 is 0 Å². The average Bonchev–Trinajstić information content (AvgIpc) is 2.72. The second-order valence-corrected chi connectivity index (χ2v) is 7.89.